The molecule has 158 valence electrons. The predicted octanol–water partition coefficient (Wildman–Crippen LogP) is 6.11. The van der Waals surface area contributed by atoms with Gasteiger partial charge in [0.15, 0.2) is 5.58 Å². The quantitative estimate of drug-likeness (QED) is 0.241. The van der Waals surface area contributed by atoms with E-state index in [2.05, 4.69) is 22.0 Å². The SMILES string of the molecule is O=C(O)c1ccccc1SCCCCN(Cc1ccccc1)c1nc2ccccc2o1. The molecule has 0 saturated heterocycles. The molecule has 3 aromatic carbocycles. The maximum absolute atomic E-state index is 11.4. The average molecular weight is 433 g/mol. The number of benzene rings is 3. The first-order chi connectivity index (χ1) is 15.2. The highest BCUT2D eigenvalue weighted by atomic mass is 32.2. The molecule has 0 atom stereocenters. The molecule has 0 aliphatic heterocycles. The van der Waals surface area contributed by atoms with Crippen molar-refractivity contribution >= 4 is 34.8 Å². The van der Waals surface area contributed by atoms with Crippen LogP contribution in [0.4, 0.5) is 6.01 Å². The Morgan fingerprint density at radius 3 is 2.48 bits per heavy atom. The Labute approximate surface area is 185 Å². The first kappa shape index (κ1) is 21.0. The zero-order valence-corrected chi connectivity index (χ0v) is 17.9. The van der Waals surface area contributed by atoms with Crippen LogP contribution in [0.25, 0.3) is 11.1 Å². The number of rotatable bonds is 10. The highest BCUT2D eigenvalue weighted by Crippen LogP contribution is 2.26. The fourth-order valence-corrected chi connectivity index (χ4v) is 4.45. The number of aromatic nitrogens is 1. The molecule has 0 spiro atoms. The molecule has 0 radical (unpaired) electrons. The smallest absolute Gasteiger partial charge is 0.336 e. The molecule has 5 nitrogen and oxygen atoms in total. The van der Waals surface area contributed by atoms with E-state index in [4.69, 9.17) is 4.42 Å². The van der Waals surface area contributed by atoms with Crippen LogP contribution in [0.5, 0.6) is 0 Å². The Balaban J connectivity index is 1.39. The highest BCUT2D eigenvalue weighted by molar-refractivity contribution is 7.99. The number of carboxylic acid groups (broad SMARTS) is 1. The van der Waals surface area contributed by atoms with E-state index in [9.17, 15) is 9.90 Å². The number of nitrogens with zero attached hydrogens (tertiary/aromatic N) is 2. The van der Waals surface area contributed by atoms with Crippen molar-refractivity contribution in [1.29, 1.82) is 0 Å². The van der Waals surface area contributed by atoms with Crippen molar-refractivity contribution in [2.45, 2.75) is 24.3 Å². The maximum Gasteiger partial charge on any atom is 0.336 e. The number of anilines is 1. The Morgan fingerprint density at radius 1 is 0.935 bits per heavy atom. The molecular formula is C25H24N2O3S. The largest absolute Gasteiger partial charge is 0.478 e. The monoisotopic (exact) mass is 432 g/mol. The lowest BCUT2D eigenvalue weighted by molar-refractivity contribution is 0.0693. The molecule has 1 N–H and O–H groups in total. The summed E-state index contributed by atoms with van der Waals surface area (Å²) in [4.78, 5) is 19.0. The molecule has 0 amide bonds. The minimum atomic E-state index is -0.881. The van der Waals surface area contributed by atoms with E-state index in [0.29, 0.717) is 11.6 Å². The van der Waals surface area contributed by atoms with Gasteiger partial charge in [0.2, 0.25) is 0 Å². The number of thioether (sulfide) groups is 1. The molecule has 1 heterocycles. The summed E-state index contributed by atoms with van der Waals surface area (Å²) in [5.74, 6) is -0.0232. The van der Waals surface area contributed by atoms with Crippen molar-refractivity contribution in [1.82, 2.24) is 4.98 Å². The van der Waals surface area contributed by atoms with E-state index in [1.807, 2.05) is 54.6 Å². The third-order valence-corrected chi connectivity index (χ3v) is 6.13. The molecule has 31 heavy (non-hydrogen) atoms. The molecule has 4 rings (SSSR count). The Bertz CT molecular complexity index is 1110. The van der Waals surface area contributed by atoms with Crippen LogP contribution in [-0.4, -0.2) is 28.4 Å². The summed E-state index contributed by atoms with van der Waals surface area (Å²) in [5.41, 5.74) is 3.21. The number of para-hydroxylation sites is 2. The van der Waals surface area contributed by atoms with Crippen LogP contribution in [0.15, 0.2) is 88.2 Å². The number of carboxylic acids is 1. The van der Waals surface area contributed by atoms with Gasteiger partial charge in [0.05, 0.1) is 5.56 Å². The number of unbranched alkanes of at least 4 members (excludes halogenated alkanes) is 1. The molecule has 0 saturated carbocycles. The molecule has 0 fully saturated rings. The summed E-state index contributed by atoms with van der Waals surface area (Å²) in [6.45, 7) is 1.53. The molecule has 0 aliphatic rings. The second-order valence-electron chi connectivity index (χ2n) is 7.23. The van der Waals surface area contributed by atoms with Gasteiger partial charge in [-0.15, -0.1) is 11.8 Å². The van der Waals surface area contributed by atoms with Crippen molar-refractivity contribution in [2.75, 3.05) is 17.2 Å². The fraction of sp³-hybridized carbons (Fsp3) is 0.200. The van der Waals surface area contributed by atoms with Gasteiger partial charge < -0.3 is 14.4 Å². The molecule has 0 aliphatic carbocycles. The normalized spacial score (nSPS) is 11.0. The van der Waals surface area contributed by atoms with Gasteiger partial charge in [0.25, 0.3) is 6.01 Å². The van der Waals surface area contributed by atoms with Crippen LogP contribution in [0.2, 0.25) is 0 Å². The molecule has 0 bridgehead atoms. The van der Waals surface area contributed by atoms with Crippen LogP contribution in [0.3, 0.4) is 0 Å². The summed E-state index contributed by atoms with van der Waals surface area (Å²) < 4.78 is 6.02. The lowest BCUT2D eigenvalue weighted by atomic mass is 10.2. The fourth-order valence-electron chi connectivity index (χ4n) is 3.40. The van der Waals surface area contributed by atoms with Gasteiger partial charge in [-0.3, -0.25) is 0 Å². The van der Waals surface area contributed by atoms with Crippen molar-refractivity contribution < 1.29 is 14.3 Å². The number of hydrogen-bond acceptors (Lipinski definition) is 5. The summed E-state index contributed by atoms with van der Waals surface area (Å²) in [7, 11) is 0. The number of carbonyl (C=O) groups is 1. The van der Waals surface area contributed by atoms with E-state index in [-0.39, 0.29) is 0 Å². The molecule has 0 unspecified atom stereocenters. The Morgan fingerprint density at radius 2 is 1.68 bits per heavy atom. The van der Waals surface area contributed by atoms with Gasteiger partial charge in [-0.25, -0.2) is 4.79 Å². The van der Waals surface area contributed by atoms with Crippen LogP contribution >= 0.6 is 11.8 Å². The van der Waals surface area contributed by atoms with Crippen molar-refractivity contribution in [3.63, 3.8) is 0 Å². The van der Waals surface area contributed by atoms with Crippen LogP contribution in [0.1, 0.15) is 28.8 Å². The number of oxazole rings is 1. The second kappa shape index (κ2) is 10.2. The van der Waals surface area contributed by atoms with E-state index >= 15 is 0 Å². The average Bonchev–Trinajstić information content (AvgIpc) is 3.23. The van der Waals surface area contributed by atoms with Crippen LogP contribution in [-0.2, 0) is 6.54 Å². The van der Waals surface area contributed by atoms with Crippen molar-refractivity contribution in [3.8, 4) is 0 Å². The third-order valence-electron chi connectivity index (χ3n) is 4.97. The van der Waals surface area contributed by atoms with Gasteiger partial charge in [0, 0.05) is 18.0 Å². The van der Waals surface area contributed by atoms with Crippen molar-refractivity contribution in [2.24, 2.45) is 0 Å². The summed E-state index contributed by atoms with van der Waals surface area (Å²) in [5, 5.41) is 9.33. The first-order valence-corrected chi connectivity index (χ1v) is 11.3. The Hall–Kier alpha value is -3.25. The highest BCUT2D eigenvalue weighted by Gasteiger charge is 2.15. The minimum absolute atomic E-state index is 0.365. The van der Waals surface area contributed by atoms with E-state index < -0.39 is 5.97 Å². The zero-order valence-electron chi connectivity index (χ0n) is 17.1. The van der Waals surface area contributed by atoms with Gasteiger partial charge in [-0.05, 0) is 48.4 Å². The molecule has 1 aromatic heterocycles. The van der Waals surface area contributed by atoms with Crippen molar-refractivity contribution in [3.05, 3.63) is 90.0 Å². The molecular weight excluding hydrogens is 408 g/mol. The minimum Gasteiger partial charge on any atom is -0.478 e. The lowest BCUT2D eigenvalue weighted by Gasteiger charge is -2.20. The summed E-state index contributed by atoms with van der Waals surface area (Å²) >= 11 is 1.59. The molecule has 6 heteroatoms. The first-order valence-electron chi connectivity index (χ1n) is 10.3. The van der Waals surface area contributed by atoms with Gasteiger partial charge >= 0.3 is 5.97 Å². The zero-order chi connectivity index (χ0) is 21.5. The number of fused-ring (bicyclic) bond motifs is 1. The predicted molar refractivity (Wildman–Crippen MR) is 125 cm³/mol. The number of hydrogen-bond donors (Lipinski definition) is 1. The van der Waals surface area contributed by atoms with E-state index in [1.165, 1.54) is 5.56 Å². The maximum atomic E-state index is 11.4. The van der Waals surface area contributed by atoms with E-state index in [1.54, 1.807) is 23.9 Å². The lowest BCUT2D eigenvalue weighted by Crippen LogP contribution is -2.24. The van der Waals surface area contributed by atoms with Gasteiger partial charge in [-0.2, -0.15) is 4.98 Å². The number of aromatic carboxylic acids is 1. The topological polar surface area (TPSA) is 66.6 Å². The second-order valence-corrected chi connectivity index (χ2v) is 8.36. The van der Waals surface area contributed by atoms with Gasteiger partial charge in [0.1, 0.15) is 5.52 Å². The molecule has 4 aromatic rings. The third kappa shape index (κ3) is 5.47. The summed E-state index contributed by atoms with van der Waals surface area (Å²) in [6.07, 6.45) is 1.91. The Kier molecular flexibility index (Phi) is 6.89. The van der Waals surface area contributed by atoms with Crippen LogP contribution < -0.4 is 4.90 Å². The van der Waals surface area contributed by atoms with Gasteiger partial charge in [-0.1, -0.05) is 54.6 Å². The summed E-state index contributed by atoms with van der Waals surface area (Å²) in [6, 6.07) is 25.9. The standard InChI is InChI=1S/C25H24N2O3S/c28-24(29)20-12-4-7-15-23(20)31-17-9-8-16-27(18-19-10-2-1-3-11-19)25-26-21-13-5-6-14-22(21)30-25/h1-7,10-15H,8-9,16-18H2,(H,28,29). The van der Waals surface area contributed by atoms with E-state index in [0.717, 1.165) is 47.7 Å². The van der Waals surface area contributed by atoms with Crippen LogP contribution in [0, 0.1) is 0 Å².